The van der Waals surface area contributed by atoms with Crippen molar-refractivity contribution < 1.29 is 13.9 Å². The number of ether oxygens (including phenoxy) is 1. The van der Waals surface area contributed by atoms with Crippen molar-refractivity contribution in [2.45, 2.75) is 25.4 Å². The maximum Gasteiger partial charge on any atom is 0.159 e. The van der Waals surface area contributed by atoms with Gasteiger partial charge in [-0.3, -0.25) is 4.79 Å². The van der Waals surface area contributed by atoms with Crippen molar-refractivity contribution in [3.05, 3.63) is 35.4 Å². The fourth-order valence-corrected chi connectivity index (χ4v) is 2.00. The van der Waals surface area contributed by atoms with E-state index in [1.54, 1.807) is 24.3 Å². The van der Waals surface area contributed by atoms with E-state index in [2.05, 4.69) is 0 Å². The van der Waals surface area contributed by atoms with Gasteiger partial charge in [0.2, 0.25) is 0 Å². The Labute approximate surface area is 94.4 Å². The van der Waals surface area contributed by atoms with Crippen molar-refractivity contribution in [2.24, 2.45) is 0 Å². The van der Waals surface area contributed by atoms with Gasteiger partial charge in [0.1, 0.15) is 5.67 Å². The van der Waals surface area contributed by atoms with E-state index in [1.165, 1.54) is 6.92 Å². The topological polar surface area (TPSA) is 26.3 Å². The van der Waals surface area contributed by atoms with Crippen LogP contribution in [-0.2, 0) is 10.4 Å². The summed E-state index contributed by atoms with van der Waals surface area (Å²) in [5.41, 5.74) is -0.159. The van der Waals surface area contributed by atoms with Gasteiger partial charge in [0.25, 0.3) is 0 Å². The molecule has 0 aliphatic carbocycles. The molecule has 2 rings (SSSR count). The van der Waals surface area contributed by atoms with Crippen LogP contribution in [0.2, 0.25) is 0 Å². The van der Waals surface area contributed by atoms with Gasteiger partial charge in [-0.1, -0.05) is 18.2 Å². The van der Waals surface area contributed by atoms with Crippen molar-refractivity contribution in [3.8, 4) is 0 Å². The van der Waals surface area contributed by atoms with Gasteiger partial charge in [0.15, 0.2) is 5.78 Å². The predicted molar refractivity (Wildman–Crippen MR) is 59.3 cm³/mol. The molecule has 0 bridgehead atoms. The van der Waals surface area contributed by atoms with E-state index in [1.807, 2.05) is 0 Å². The molecule has 1 fully saturated rings. The van der Waals surface area contributed by atoms with Crippen molar-refractivity contribution >= 4 is 5.78 Å². The number of carbonyl (C=O) groups is 1. The molecule has 16 heavy (non-hydrogen) atoms. The summed E-state index contributed by atoms with van der Waals surface area (Å²) in [7, 11) is 0. The number of hydrogen-bond acceptors (Lipinski definition) is 2. The second kappa shape index (κ2) is 4.34. The Morgan fingerprint density at radius 2 is 2.06 bits per heavy atom. The molecule has 1 saturated heterocycles. The highest BCUT2D eigenvalue weighted by Crippen LogP contribution is 2.36. The van der Waals surface area contributed by atoms with Gasteiger partial charge in [0, 0.05) is 31.6 Å². The van der Waals surface area contributed by atoms with Gasteiger partial charge in [-0.05, 0) is 18.6 Å². The SMILES string of the molecule is CC(=O)c1cccc(C2(F)CCOCC2)c1. The zero-order chi connectivity index (χ0) is 11.6. The smallest absolute Gasteiger partial charge is 0.159 e. The fraction of sp³-hybridized carbons (Fsp3) is 0.462. The molecule has 1 aliphatic heterocycles. The summed E-state index contributed by atoms with van der Waals surface area (Å²) in [6.07, 6.45) is 0.739. The maximum atomic E-state index is 14.6. The molecule has 0 spiro atoms. The van der Waals surface area contributed by atoms with Gasteiger partial charge in [0.05, 0.1) is 0 Å². The Bertz CT molecular complexity index is 395. The molecule has 1 aliphatic rings. The molecule has 0 radical (unpaired) electrons. The molecule has 0 atom stereocenters. The van der Waals surface area contributed by atoms with Crippen LogP contribution < -0.4 is 0 Å². The monoisotopic (exact) mass is 222 g/mol. The van der Waals surface area contributed by atoms with Crippen LogP contribution in [0.1, 0.15) is 35.7 Å². The second-order valence-corrected chi connectivity index (χ2v) is 4.21. The normalized spacial score (nSPS) is 19.4. The first-order chi connectivity index (χ1) is 7.62. The molecule has 0 saturated carbocycles. The number of carbonyl (C=O) groups excluding carboxylic acids is 1. The Morgan fingerprint density at radius 3 is 2.69 bits per heavy atom. The zero-order valence-corrected chi connectivity index (χ0v) is 9.33. The number of rotatable bonds is 2. The van der Waals surface area contributed by atoms with Crippen LogP contribution in [0.3, 0.4) is 0 Å². The van der Waals surface area contributed by atoms with Crippen molar-refractivity contribution in [3.63, 3.8) is 0 Å². The Morgan fingerprint density at radius 1 is 1.38 bits per heavy atom. The molecule has 1 aromatic rings. The van der Waals surface area contributed by atoms with Gasteiger partial charge in [-0.25, -0.2) is 4.39 Å². The van der Waals surface area contributed by atoms with Crippen molar-refractivity contribution in [1.29, 1.82) is 0 Å². The van der Waals surface area contributed by atoms with Gasteiger partial charge >= 0.3 is 0 Å². The Kier molecular flexibility index (Phi) is 3.06. The predicted octanol–water partition coefficient (Wildman–Crippen LogP) is 2.86. The van der Waals surface area contributed by atoms with Crippen LogP contribution in [0.5, 0.6) is 0 Å². The van der Waals surface area contributed by atoms with Crippen molar-refractivity contribution in [1.82, 2.24) is 0 Å². The number of benzene rings is 1. The fourth-order valence-electron chi connectivity index (χ4n) is 2.00. The largest absolute Gasteiger partial charge is 0.381 e. The molecular formula is C13H15FO2. The minimum absolute atomic E-state index is 0.0301. The van der Waals surface area contributed by atoms with Crippen molar-refractivity contribution in [2.75, 3.05) is 13.2 Å². The third-order valence-corrected chi connectivity index (χ3v) is 3.07. The van der Waals surface area contributed by atoms with E-state index >= 15 is 0 Å². The molecule has 0 N–H and O–H groups in total. The molecular weight excluding hydrogens is 207 g/mol. The molecule has 1 heterocycles. The van der Waals surface area contributed by atoms with Crippen LogP contribution in [0.25, 0.3) is 0 Å². The highest BCUT2D eigenvalue weighted by atomic mass is 19.1. The number of hydrogen-bond donors (Lipinski definition) is 0. The van der Waals surface area contributed by atoms with E-state index in [0.717, 1.165) is 0 Å². The maximum absolute atomic E-state index is 14.6. The van der Waals surface area contributed by atoms with Crippen LogP contribution >= 0.6 is 0 Å². The Balaban J connectivity index is 2.31. The average Bonchev–Trinajstić information content (AvgIpc) is 2.30. The van der Waals surface area contributed by atoms with Gasteiger partial charge in [-0.2, -0.15) is 0 Å². The molecule has 0 unspecified atom stereocenters. The Hall–Kier alpha value is -1.22. The van der Waals surface area contributed by atoms with Gasteiger partial charge in [-0.15, -0.1) is 0 Å². The lowest BCUT2D eigenvalue weighted by molar-refractivity contribution is -0.0115. The van der Waals surface area contributed by atoms with Crippen LogP contribution in [-0.4, -0.2) is 19.0 Å². The van der Waals surface area contributed by atoms with Crippen LogP contribution in [0, 0.1) is 0 Å². The van der Waals surface area contributed by atoms with Gasteiger partial charge < -0.3 is 4.74 Å². The first kappa shape index (κ1) is 11.3. The van der Waals surface area contributed by atoms with E-state index in [0.29, 0.717) is 37.2 Å². The van der Waals surface area contributed by atoms with E-state index in [-0.39, 0.29) is 5.78 Å². The second-order valence-electron chi connectivity index (χ2n) is 4.21. The summed E-state index contributed by atoms with van der Waals surface area (Å²) >= 11 is 0. The summed E-state index contributed by atoms with van der Waals surface area (Å²) in [6, 6.07) is 6.86. The standard InChI is InChI=1S/C13H15FO2/c1-10(15)11-3-2-4-12(9-11)13(14)5-7-16-8-6-13/h2-4,9H,5-8H2,1H3. The molecule has 2 nitrogen and oxygen atoms in total. The summed E-state index contributed by atoms with van der Waals surface area (Å²) in [6.45, 7) is 2.38. The number of Topliss-reactive ketones (excluding diaryl/α,β-unsaturated/α-hetero) is 1. The molecule has 1 aromatic carbocycles. The summed E-state index contributed by atoms with van der Waals surface area (Å²) in [5.74, 6) is -0.0301. The highest BCUT2D eigenvalue weighted by molar-refractivity contribution is 5.94. The van der Waals surface area contributed by atoms with Crippen LogP contribution in [0.4, 0.5) is 4.39 Å². The van der Waals surface area contributed by atoms with Crippen LogP contribution in [0.15, 0.2) is 24.3 Å². The number of ketones is 1. The lowest BCUT2D eigenvalue weighted by atomic mass is 9.87. The lowest BCUT2D eigenvalue weighted by Gasteiger charge is -2.30. The summed E-state index contributed by atoms with van der Waals surface area (Å²) in [4.78, 5) is 11.2. The molecule has 0 aromatic heterocycles. The quantitative estimate of drug-likeness (QED) is 0.719. The third-order valence-electron chi connectivity index (χ3n) is 3.07. The first-order valence-electron chi connectivity index (χ1n) is 5.50. The highest BCUT2D eigenvalue weighted by Gasteiger charge is 2.34. The number of alkyl halides is 1. The zero-order valence-electron chi connectivity index (χ0n) is 9.33. The molecule has 86 valence electrons. The average molecular weight is 222 g/mol. The minimum Gasteiger partial charge on any atom is -0.381 e. The molecule has 3 heteroatoms. The number of halogens is 1. The van der Waals surface area contributed by atoms with E-state index in [9.17, 15) is 9.18 Å². The lowest BCUT2D eigenvalue weighted by Crippen LogP contribution is -2.29. The summed E-state index contributed by atoms with van der Waals surface area (Å²) < 4.78 is 19.7. The van der Waals surface area contributed by atoms with E-state index < -0.39 is 5.67 Å². The first-order valence-corrected chi connectivity index (χ1v) is 5.50. The van der Waals surface area contributed by atoms with E-state index in [4.69, 9.17) is 4.74 Å². The molecule has 0 amide bonds. The summed E-state index contributed by atoms with van der Waals surface area (Å²) in [5, 5.41) is 0. The third kappa shape index (κ3) is 2.14. The minimum atomic E-state index is -1.33.